The largest absolute Gasteiger partial charge is 0.618 e. The number of aromatic nitrogens is 8. The lowest BCUT2D eigenvalue weighted by molar-refractivity contribution is -0.619. The van der Waals surface area contributed by atoms with E-state index in [1.54, 1.807) is 13.8 Å². The second-order valence-electron chi connectivity index (χ2n) is 12.3. The van der Waals surface area contributed by atoms with Gasteiger partial charge in [0.25, 0.3) is 12.1 Å². The van der Waals surface area contributed by atoms with Gasteiger partial charge in [0.2, 0.25) is 11.9 Å². The Hall–Kier alpha value is -5.82. The van der Waals surface area contributed by atoms with Gasteiger partial charge in [-0.05, 0) is 37.1 Å². The van der Waals surface area contributed by atoms with E-state index in [0.717, 1.165) is 18.3 Å². The third-order valence-corrected chi connectivity index (χ3v) is 8.50. The van der Waals surface area contributed by atoms with Crippen LogP contribution in [0.5, 0.6) is 0 Å². The van der Waals surface area contributed by atoms with E-state index in [1.165, 1.54) is 66.1 Å². The number of alkyl halides is 4. The maximum atomic E-state index is 13.5. The number of halogens is 6. The first-order valence-electron chi connectivity index (χ1n) is 16.6. The number of ether oxygens (including phenoxy) is 2. The lowest BCUT2D eigenvalue weighted by atomic mass is 10.0. The molecule has 0 saturated heterocycles. The van der Waals surface area contributed by atoms with Crippen molar-refractivity contribution in [2.24, 2.45) is 0 Å². The number of fused-ring (bicyclic) bond motifs is 2. The second-order valence-corrected chi connectivity index (χ2v) is 12.3. The minimum absolute atomic E-state index is 0.0141. The first kappa shape index (κ1) is 40.4. The number of nitrogens with zero attached hydrogens (tertiary/aromatic N) is 8. The molecular weight excluding hydrogens is 738 g/mol. The zero-order valence-corrected chi connectivity index (χ0v) is 29.8. The summed E-state index contributed by atoms with van der Waals surface area (Å²) in [7, 11) is 2.96. The molecule has 0 aliphatic heterocycles. The lowest BCUT2D eigenvalue weighted by Crippen LogP contribution is -2.31. The third-order valence-electron chi connectivity index (χ3n) is 8.50. The summed E-state index contributed by atoms with van der Waals surface area (Å²) in [5.74, 6) is -1.90. The Bertz CT molecular complexity index is 2320. The van der Waals surface area contributed by atoms with E-state index in [-0.39, 0.29) is 53.3 Å². The van der Waals surface area contributed by atoms with Crippen LogP contribution in [0.3, 0.4) is 0 Å². The fourth-order valence-electron chi connectivity index (χ4n) is 5.83. The molecule has 0 bridgehead atoms. The van der Waals surface area contributed by atoms with Gasteiger partial charge in [-0.3, -0.25) is 14.6 Å². The van der Waals surface area contributed by atoms with E-state index in [4.69, 9.17) is 9.47 Å². The van der Waals surface area contributed by atoms with Crippen LogP contribution in [0.4, 0.5) is 26.3 Å². The average molecular weight is 773 g/mol. The zero-order valence-electron chi connectivity index (χ0n) is 29.8. The topological polar surface area (TPSA) is 153 Å². The van der Waals surface area contributed by atoms with Crippen molar-refractivity contribution < 1.29 is 50.1 Å². The Balaban J connectivity index is 0.000000211. The Morgan fingerprint density at radius 1 is 0.727 bits per heavy atom. The molecule has 6 heterocycles. The maximum Gasteiger partial charge on any atom is 0.322 e. The summed E-state index contributed by atoms with van der Waals surface area (Å²) in [5.41, 5.74) is 2.26. The summed E-state index contributed by atoms with van der Waals surface area (Å²) in [6, 6.07) is 7.41. The molecule has 0 fully saturated rings. The van der Waals surface area contributed by atoms with Crippen LogP contribution in [0.25, 0.3) is 11.3 Å². The quantitative estimate of drug-likeness (QED) is 0.0759. The molecule has 0 N–H and O–H groups in total. The van der Waals surface area contributed by atoms with Gasteiger partial charge in [-0.2, -0.15) is 22.3 Å². The Labute approximate surface area is 309 Å². The molecule has 0 saturated carbocycles. The van der Waals surface area contributed by atoms with Gasteiger partial charge in [0.05, 0.1) is 23.6 Å². The minimum atomic E-state index is -2.94. The molecular formula is C36H34F6N8O5. The maximum absolute atomic E-state index is 13.5. The van der Waals surface area contributed by atoms with Crippen molar-refractivity contribution in [1.82, 2.24) is 34.2 Å². The third kappa shape index (κ3) is 9.65. The molecule has 0 aliphatic carbocycles. The van der Waals surface area contributed by atoms with Crippen molar-refractivity contribution in [3.8, 4) is 0 Å². The molecule has 19 heteroatoms. The monoisotopic (exact) mass is 772 g/mol. The first-order chi connectivity index (χ1) is 26.2. The van der Waals surface area contributed by atoms with E-state index in [1.807, 2.05) is 0 Å². The highest BCUT2D eigenvalue weighted by molar-refractivity contribution is 5.84. The summed E-state index contributed by atoms with van der Waals surface area (Å²) in [6.07, 6.45) is -1.73. The van der Waals surface area contributed by atoms with Crippen LogP contribution in [0.15, 0.2) is 61.2 Å². The highest BCUT2D eigenvalue weighted by Crippen LogP contribution is 2.25. The van der Waals surface area contributed by atoms with Gasteiger partial charge >= 0.3 is 6.43 Å². The van der Waals surface area contributed by atoms with Gasteiger partial charge in [-0.25, -0.2) is 27.8 Å². The van der Waals surface area contributed by atoms with Crippen LogP contribution >= 0.6 is 0 Å². The number of methoxy groups -OCH3 is 2. The summed E-state index contributed by atoms with van der Waals surface area (Å²) < 4.78 is 91.5. The zero-order chi connectivity index (χ0) is 40.0. The van der Waals surface area contributed by atoms with E-state index < -0.39 is 42.6 Å². The number of Topliss-reactive ketones (excluding diaryl/α,β-unsaturated/α-hetero) is 2. The summed E-state index contributed by atoms with van der Waals surface area (Å²) in [5, 5.41) is 18.9. The molecule has 13 nitrogen and oxygen atoms in total. The van der Waals surface area contributed by atoms with E-state index in [9.17, 15) is 41.1 Å². The number of carbonyl (C=O) groups is 2. The predicted octanol–water partition coefficient (Wildman–Crippen LogP) is 5.76. The van der Waals surface area contributed by atoms with Crippen molar-refractivity contribution in [3.05, 3.63) is 123 Å². The fourth-order valence-corrected chi connectivity index (χ4v) is 5.83. The Morgan fingerprint density at radius 2 is 1.22 bits per heavy atom. The van der Waals surface area contributed by atoms with Gasteiger partial charge in [-0.1, -0.05) is 0 Å². The van der Waals surface area contributed by atoms with Crippen LogP contribution in [-0.4, -0.2) is 60.0 Å². The Morgan fingerprint density at radius 3 is 1.67 bits per heavy atom. The number of rotatable bonds is 14. The van der Waals surface area contributed by atoms with Crippen LogP contribution < -0.4 is 4.73 Å². The number of hydrogen-bond donors (Lipinski definition) is 0. The van der Waals surface area contributed by atoms with Gasteiger partial charge in [0, 0.05) is 93.9 Å². The van der Waals surface area contributed by atoms with E-state index in [2.05, 4.69) is 25.1 Å². The van der Waals surface area contributed by atoms with Crippen LogP contribution in [0, 0.1) is 17.1 Å². The molecule has 290 valence electrons. The molecule has 6 rings (SSSR count). The molecule has 0 aliphatic rings. The highest BCUT2D eigenvalue weighted by atomic mass is 19.3. The van der Waals surface area contributed by atoms with Crippen molar-refractivity contribution in [2.75, 3.05) is 14.2 Å². The highest BCUT2D eigenvalue weighted by Gasteiger charge is 2.23. The van der Waals surface area contributed by atoms with Crippen molar-refractivity contribution in [1.29, 1.82) is 0 Å². The molecule has 0 spiro atoms. The smallest absolute Gasteiger partial charge is 0.322 e. The predicted molar refractivity (Wildman–Crippen MR) is 181 cm³/mol. The summed E-state index contributed by atoms with van der Waals surface area (Å²) in [4.78, 5) is 36.8. The minimum Gasteiger partial charge on any atom is -0.618 e. The molecule has 2 atom stereocenters. The van der Waals surface area contributed by atoms with Crippen LogP contribution in [0.1, 0.15) is 83.9 Å². The molecule has 6 aromatic heterocycles. The number of hydrogen-bond acceptors (Lipinski definition) is 10. The SMILES string of the molecule is CO[C@@H](C)c1c(CC(=O)Cc2cc[n+]([O-])c(C(F)F)c2)cnc2cc(F)nn12.CO[C@@H](C)c1c(CC(=O)Cc2ccnc(C(F)F)c2)cnc2cc(F)nn12. The normalized spacial score (nSPS) is 12.7. The van der Waals surface area contributed by atoms with Gasteiger partial charge in [-0.15, -0.1) is 10.2 Å². The molecule has 0 unspecified atom stereocenters. The van der Waals surface area contributed by atoms with Gasteiger partial charge < -0.3 is 14.7 Å². The lowest BCUT2D eigenvalue weighted by Gasteiger charge is -2.16. The van der Waals surface area contributed by atoms with Gasteiger partial charge in [0.1, 0.15) is 17.3 Å². The number of carbonyl (C=O) groups excluding carboxylic acids is 2. The van der Waals surface area contributed by atoms with E-state index >= 15 is 0 Å². The first-order valence-corrected chi connectivity index (χ1v) is 16.6. The average Bonchev–Trinajstić information content (AvgIpc) is 3.72. The van der Waals surface area contributed by atoms with Crippen LogP contribution in [0.2, 0.25) is 0 Å². The van der Waals surface area contributed by atoms with Gasteiger partial charge in [0.15, 0.2) is 17.5 Å². The molecule has 55 heavy (non-hydrogen) atoms. The van der Waals surface area contributed by atoms with Crippen molar-refractivity contribution >= 4 is 22.9 Å². The van der Waals surface area contributed by atoms with Crippen molar-refractivity contribution in [3.63, 3.8) is 0 Å². The number of ketones is 2. The number of pyridine rings is 2. The molecule has 0 aromatic carbocycles. The standard InChI is InChI=1S/C18H17F3N4O3.C18H17F3N4O2/c1-10(28-2)17-12(9-22-16-8-15(19)23-25(16)17)7-13(26)5-11-3-4-24(27)14(6-11)18(20)21;1-10(27-2)17-12(9-23-16-8-15(19)24-25(16)17)7-13(26)5-11-3-4-22-14(6-11)18(20)21/h3-4,6,8-10,18H,5,7H2,1-2H3;3-4,6,8-10,18H,5,7H2,1-2H3/t2*10-/m00/s1. The van der Waals surface area contributed by atoms with Crippen molar-refractivity contribution in [2.45, 2.75) is 64.6 Å². The second kappa shape index (κ2) is 17.5. The molecule has 0 radical (unpaired) electrons. The van der Waals surface area contributed by atoms with Crippen LogP contribution in [-0.2, 0) is 44.7 Å². The fraction of sp³-hybridized carbons (Fsp3) is 0.333. The Kier molecular flexibility index (Phi) is 12.9. The molecule has 6 aromatic rings. The molecule has 0 amide bonds. The van der Waals surface area contributed by atoms with E-state index in [0.29, 0.717) is 39.3 Å². The summed E-state index contributed by atoms with van der Waals surface area (Å²) in [6.45, 7) is 3.47. The summed E-state index contributed by atoms with van der Waals surface area (Å²) >= 11 is 0.